The average molecular weight is 313 g/mol. The Balaban J connectivity index is 1.63. The Morgan fingerprint density at radius 3 is 2.70 bits per heavy atom. The summed E-state index contributed by atoms with van der Waals surface area (Å²) in [4.78, 5) is 8.62. The van der Waals surface area contributed by atoms with Crippen LogP contribution in [0.1, 0.15) is 29.3 Å². The number of hydrogen-bond donors (Lipinski definition) is 1. The number of hydrogen-bond acceptors (Lipinski definition) is 7. The van der Waals surface area contributed by atoms with Crippen LogP contribution in [-0.4, -0.2) is 26.8 Å². The summed E-state index contributed by atoms with van der Waals surface area (Å²) in [6, 6.07) is 3.76. The highest BCUT2D eigenvalue weighted by molar-refractivity contribution is 5.68. The number of anilines is 1. The van der Waals surface area contributed by atoms with Crippen molar-refractivity contribution >= 4 is 5.82 Å². The minimum atomic E-state index is 0.476. The van der Waals surface area contributed by atoms with Crippen molar-refractivity contribution in [2.75, 3.05) is 11.9 Å². The molecule has 3 rings (SSSR count). The van der Waals surface area contributed by atoms with Crippen LogP contribution in [0.15, 0.2) is 27.4 Å². The molecule has 0 aromatic carbocycles. The molecule has 0 atom stereocenters. The van der Waals surface area contributed by atoms with E-state index >= 15 is 0 Å². The summed E-state index contributed by atoms with van der Waals surface area (Å²) < 4.78 is 10.4. The van der Waals surface area contributed by atoms with E-state index in [-0.39, 0.29) is 0 Å². The third-order valence-electron chi connectivity index (χ3n) is 3.64. The first-order valence-electron chi connectivity index (χ1n) is 7.56. The van der Waals surface area contributed by atoms with E-state index in [1.807, 2.05) is 26.0 Å². The van der Waals surface area contributed by atoms with Crippen molar-refractivity contribution < 1.29 is 9.05 Å². The molecular weight excluding hydrogens is 294 g/mol. The molecular formula is C16H19N5O2. The van der Waals surface area contributed by atoms with Crippen LogP contribution in [0.2, 0.25) is 0 Å². The molecule has 3 aromatic heterocycles. The average Bonchev–Trinajstić information content (AvgIpc) is 3.11. The van der Waals surface area contributed by atoms with E-state index in [0.717, 1.165) is 42.2 Å². The van der Waals surface area contributed by atoms with E-state index in [1.54, 1.807) is 13.1 Å². The lowest BCUT2D eigenvalue weighted by molar-refractivity contribution is 0.392. The molecule has 3 aromatic rings. The van der Waals surface area contributed by atoms with Crippen LogP contribution in [0.4, 0.5) is 5.82 Å². The van der Waals surface area contributed by atoms with Crippen molar-refractivity contribution in [3.05, 3.63) is 41.2 Å². The Morgan fingerprint density at radius 2 is 2.00 bits per heavy atom. The van der Waals surface area contributed by atoms with E-state index in [4.69, 9.17) is 9.05 Å². The third-order valence-corrected chi connectivity index (χ3v) is 3.64. The van der Waals surface area contributed by atoms with Gasteiger partial charge in [0.2, 0.25) is 0 Å². The van der Waals surface area contributed by atoms with Crippen LogP contribution in [0.3, 0.4) is 0 Å². The van der Waals surface area contributed by atoms with Crippen molar-refractivity contribution in [2.24, 2.45) is 0 Å². The summed E-state index contributed by atoms with van der Waals surface area (Å²) in [5.41, 5.74) is 2.95. The Labute approximate surface area is 134 Å². The maximum atomic E-state index is 5.23. The zero-order valence-corrected chi connectivity index (χ0v) is 13.5. The standard InChI is InChI=1S/C16H19N5O2/c1-10-13(11(2)22-20-10)6-4-8-17-15-14(7-5-9-18-15)16-19-12(3)21-23-16/h5,7,9H,4,6,8H2,1-3H3,(H,17,18). The number of aromatic nitrogens is 4. The summed E-state index contributed by atoms with van der Waals surface area (Å²) in [5.74, 6) is 2.72. The van der Waals surface area contributed by atoms with Crippen molar-refractivity contribution in [2.45, 2.75) is 33.6 Å². The number of rotatable bonds is 6. The summed E-state index contributed by atoms with van der Waals surface area (Å²) in [7, 11) is 0. The first kappa shape index (κ1) is 15.2. The molecule has 0 saturated heterocycles. The molecule has 0 fully saturated rings. The number of nitrogens with one attached hydrogen (secondary N) is 1. The normalized spacial score (nSPS) is 10.9. The van der Waals surface area contributed by atoms with E-state index in [2.05, 4.69) is 25.6 Å². The van der Waals surface area contributed by atoms with E-state index in [1.165, 1.54) is 5.56 Å². The molecule has 0 radical (unpaired) electrons. The predicted octanol–water partition coefficient (Wildman–Crippen LogP) is 3.09. The first-order valence-corrected chi connectivity index (χ1v) is 7.56. The van der Waals surface area contributed by atoms with Gasteiger partial charge in [-0.2, -0.15) is 4.98 Å². The predicted molar refractivity (Wildman–Crippen MR) is 85.1 cm³/mol. The summed E-state index contributed by atoms with van der Waals surface area (Å²) in [6.45, 7) is 6.48. The quantitative estimate of drug-likeness (QED) is 0.699. The first-order chi connectivity index (χ1) is 11.1. The third kappa shape index (κ3) is 3.39. The van der Waals surface area contributed by atoms with Gasteiger partial charge in [0.25, 0.3) is 5.89 Å². The molecule has 0 aliphatic heterocycles. The van der Waals surface area contributed by atoms with Gasteiger partial charge in [-0.3, -0.25) is 0 Å². The summed E-state index contributed by atoms with van der Waals surface area (Å²) in [6.07, 6.45) is 3.60. The maximum absolute atomic E-state index is 5.23. The lowest BCUT2D eigenvalue weighted by atomic mass is 10.1. The molecule has 0 aliphatic rings. The molecule has 0 amide bonds. The van der Waals surface area contributed by atoms with Gasteiger partial charge < -0.3 is 14.4 Å². The lowest BCUT2D eigenvalue weighted by Gasteiger charge is -2.08. The van der Waals surface area contributed by atoms with Crippen molar-refractivity contribution in [3.8, 4) is 11.5 Å². The molecule has 0 saturated carbocycles. The topological polar surface area (TPSA) is 89.9 Å². The van der Waals surface area contributed by atoms with Crippen molar-refractivity contribution in [3.63, 3.8) is 0 Å². The Hall–Kier alpha value is -2.70. The highest BCUT2D eigenvalue weighted by Crippen LogP contribution is 2.24. The van der Waals surface area contributed by atoms with Crippen LogP contribution in [0.25, 0.3) is 11.5 Å². The zero-order chi connectivity index (χ0) is 16.2. The molecule has 120 valence electrons. The fourth-order valence-electron chi connectivity index (χ4n) is 2.46. The van der Waals surface area contributed by atoms with Gasteiger partial charge in [-0.25, -0.2) is 4.98 Å². The van der Waals surface area contributed by atoms with E-state index in [0.29, 0.717) is 11.7 Å². The summed E-state index contributed by atoms with van der Waals surface area (Å²) >= 11 is 0. The largest absolute Gasteiger partial charge is 0.369 e. The highest BCUT2D eigenvalue weighted by atomic mass is 16.5. The molecule has 0 aliphatic carbocycles. The fraction of sp³-hybridized carbons (Fsp3) is 0.375. The lowest BCUT2D eigenvalue weighted by Crippen LogP contribution is -2.06. The number of aryl methyl sites for hydroxylation is 3. The van der Waals surface area contributed by atoms with Crippen molar-refractivity contribution in [1.29, 1.82) is 0 Å². The van der Waals surface area contributed by atoms with Gasteiger partial charge in [0.05, 0.1) is 11.3 Å². The van der Waals surface area contributed by atoms with Gasteiger partial charge >= 0.3 is 0 Å². The van der Waals surface area contributed by atoms with Gasteiger partial charge in [0.1, 0.15) is 11.6 Å². The maximum Gasteiger partial charge on any atom is 0.261 e. The number of pyridine rings is 1. The highest BCUT2D eigenvalue weighted by Gasteiger charge is 2.12. The number of nitrogens with zero attached hydrogens (tertiary/aromatic N) is 4. The van der Waals surface area contributed by atoms with Gasteiger partial charge in [-0.15, -0.1) is 0 Å². The second kappa shape index (κ2) is 6.60. The second-order valence-electron chi connectivity index (χ2n) is 5.38. The Bertz CT molecular complexity index is 774. The Kier molecular flexibility index (Phi) is 4.36. The van der Waals surface area contributed by atoms with Gasteiger partial charge in [0.15, 0.2) is 5.82 Å². The van der Waals surface area contributed by atoms with Crippen molar-refractivity contribution in [1.82, 2.24) is 20.3 Å². The molecule has 0 unspecified atom stereocenters. The SMILES string of the molecule is Cc1noc(-c2cccnc2NCCCc2c(C)noc2C)n1. The van der Waals surface area contributed by atoms with E-state index < -0.39 is 0 Å². The molecule has 0 bridgehead atoms. The van der Waals surface area contributed by atoms with Crippen LogP contribution in [-0.2, 0) is 6.42 Å². The minimum Gasteiger partial charge on any atom is -0.369 e. The van der Waals surface area contributed by atoms with Gasteiger partial charge in [0, 0.05) is 18.3 Å². The van der Waals surface area contributed by atoms with Gasteiger partial charge in [-0.05, 0) is 45.7 Å². The van der Waals surface area contributed by atoms with E-state index in [9.17, 15) is 0 Å². The van der Waals surface area contributed by atoms with Crippen LogP contribution in [0.5, 0.6) is 0 Å². The Morgan fingerprint density at radius 1 is 1.13 bits per heavy atom. The minimum absolute atomic E-state index is 0.476. The molecule has 7 heteroatoms. The monoisotopic (exact) mass is 313 g/mol. The molecule has 3 heterocycles. The van der Waals surface area contributed by atoms with Crippen LogP contribution in [0, 0.1) is 20.8 Å². The van der Waals surface area contributed by atoms with Crippen LogP contribution >= 0.6 is 0 Å². The molecule has 23 heavy (non-hydrogen) atoms. The molecule has 1 N–H and O–H groups in total. The van der Waals surface area contributed by atoms with Gasteiger partial charge in [-0.1, -0.05) is 10.3 Å². The zero-order valence-electron chi connectivity index (χ0n) is 13.5. The molecule has 0 spiro atoms. The second-order valence-corrected chi connectivity index (χ2v) is 5.38. The smallest absolute Gasteiger partial charge is 0.261 e. The van der Waals surface area contributed by atoms with Crippen LogP contribution < -0.4 is 5.32 Å². The summed E-state index contributed by atoms with van der Waals surface area (Å²) in [5, 5.41) is 11.1. The molecule has 7 nitrogen and oxygen atoms in total. The fourth-order valence-corrected chi connectivity index (χ4v) is 2.46.